The molecule has 1 unspecified atom stereocenters. The summed E-state index contributed by atoms with van der Waals surface area (Å²) in [4.78, 5) is 12.3. The zero-order chi connectivity index (χ0) is 14.7. The molecule has 0 spiro atoms. The van der Waals surface area contributed by atoms with Crippen LogP contribution in [0.25, 0.3) is 0 Å². The van der Waals surface area contributed by atoms with E-state index in [1.807, 2.05) is 48.5 Å². The van der Waals surface area contributed by atoms with E-state index >= 15 is 0 Å². The van der Waals surface area contributed by atoms with E-state index in [-0.39, 0.29) is 5.91 Å². The molecular weight excluding hydrogens is 264 g/mol. The first kappa shape index (κ1) is 13.6. The molecule has 2 aromatic rings. The van der Waals surface area contributed by atoms with Crippen LogP contribution in [0.5, 0.6) is 5.75 Å². The Balaban J connectivity index is 1.80. The minimum Gasteiger partial charge on any atom is -0.480 e. The number of nitrogens with two attached hydrogens (primary N) is 1. The average Bonchev–Trinajstić information content (AvgIpc) is 2.67. The molecule has 0 bridgehead atoms. The number of hydrogen-bond donors (Lipinski definition) is 2. The number of benzene rings is 2. The monoisotopic (exact) mass is 282 g/mol. The van der Waals surface area contributed by atoms with Crippen molar-refractivity contribution in [2.75, 3.05) is 5.32 Å². The molecule has 0 radical (unpaired) electrons. The van der Waals surface area contributed by atoms with Crippen molar-refractivity contribution in [3.8, 4) is 5.75 Å². The van der Waals surface area contributed by atoms with Gasteiger partial charge in [-0.25, -0.2) is 0 Å². The van der Waals surface area contributed by atoms with Gasteiger partial charge in [-0.15, -0.1) is 0 Å². The highest BCUT2D eigenvalue weighted by atomic mass is 16.5. The van der Waals surface area contributed by atoms with Gasteiger partial charge in [-0.3, -0.25) is 4.79 Å². The minimum absolute atomic E-state index is 0.105. The lowest BCUT2D eigenvalue weighted by Crippen LogP contribution is -2.32. The third-order valence-electron chi connectivity index (χ3n) is 3.71. The van der Waals surface area contributed by atoms with E-state index in [1.54, 1.807) is 0 Å². The van der Waals surface area contributed by atoms with Gasteiger partial charge in [-0.05, 0) is 30.5 Å². The van der Waals surface area contributed by atoms with Crippen molar-refractivity contribution < 1.29 is 9.53 Å². The van der Waals surface area contributed by atoms with Crippen molar-refractivity contribution in [1.82, 2.24) is 0 Å². The third kappa shape index (κ3) is 2.90. The molecule has 3 rings (SSSR count). The lowest BCUT2D eigenvalue weighted by molar-refractivity contribution is -0.122. The second kappa shape index (κ2) is 5.97. The van der Waals surface area contributed by atoms with Crippen molar-refractivity contribution in [1.29, 1.82) is 0 Å². The van der Waals surface area contributed by atoms with Gasteiger partial charge in [0.25, 0.3) is 5.91 Å². The molecule has 1 atom stereocenters. The molecule has 4 heteroatoms. The molecule has 0 saturated carbocycles. The van der Waals surface area contributed by atoms with Crippen LogP contribution < -0.4 is 15.8 Å². The Morgan fingerprint density at radius 3 is 2.76 bits per heavy atom. The van der Waals surface area contributed by atoms with E-state index in [1.165, 1.54) is 0 Å². The topological polar surface area (TPSA) is 64.3 Å². The van der Waals surface area contributed by atoms with Crippen LogP contribution in [0.4, 0.5) is 5.69 Å². The summed E-state index contributed by atoms with van der Waals surface area (Å²) in [5.74, 6) is 0.581. The maximum atomic E-state index is 12.3. The van der Waals surface area contributed by atoms with Gasteiger partial charge in [-0.1, -0.05) is 36.4 Å². The first-order chi connectivity index (χ1) is 10.3. The molecule has 21 heavy (non-hydrogen) atoms. The molecule has 2 aromatic carbocycles. The minimum atomic E-state index is -0.495. The molecule has 1 aliphatic heterocycles. The van der Waals surface area contributed by atoms with E-state index in [2.05, 4.69) is 5.32 Å². The second-order valence-corrected chi connectivity index (χ2v) is 5.10. The molecular formula is C17H18N2O2. The standard InChI is InChI=1S/C17H18N2O2/c18-11-13-6-2-4-8-15(13)21-16-10-9-12-5-1-3-7-14(12)19-17(16)20/h1-8,16H,9-11,18H2,(H,19,20). The predicted octanol–water partition coefficient (Wildman–Crippen LogP) is 2.48. The fraction of sp³-hybridized carbons (Fsp3) is 0.235. The number of nitrogens with one attached hydrogen (secondary N) is 1. The van der Waals surface area contributed by atoms with Crippen LogP contribution in [-0.4, -0.2) is 12.0 Å². The highest BCUT2D eigenvalue weighted by Crippen LogP contribution is 2.25. The van der Waals surface area contributed by atoms with Gasteiger partial charge in [0, 0.05) is 17.8 Å². The molecule has 0 aromatic heterocycles. The summed E-state index contributed by atoms with van der Waals surface area (Å²) in [5, 5.41) is 2.94. The molecule has 1 heterocycles. The fourth-order valence-corrected chi connectivity index (χ4v) is 2.54. The summed E-state index contributed by atoms with van der Waals surface area (Å²) in [6, 6.07) is 15.4. The van der Waals surface area contributed by atoms with E-state index < -0.39 is 6.10 Å². The summed E-state index contributed by atoms with van der Waals surface area (Å²) >= 11 is 0. The van der Waals surface area contributed by atoms with Gasteiger partial charge in [-0.2, -0.15) is 0 Å². The number of ether oxygens (including phenoxy) is 1. The average molecular weight is 282 g/mol. The fourth-order valence-electron chi connectivity index (χ4n) is 2.54. The first-order valence-corrected chi connectivity index (χ1v) is 7.11. The lowest BCUT2D eigenvalue weighted by atomic mass is 10.1. The summed E-state index contributed by atoms with van der Waals surface area (Å²) in [7, 11) is 0. The van der Waals surface area contributed by atoms with Crippen LogP contribution in [-0.2, 0) is 17.8 Å². The number of aryl methyl sites for hydroxylation is 1. The Labute approximate surface area is 123 Å². The molecule has 4 nitrogen and oxygen atoms in total. The molecule has 3 N–H and O–H groups in total. The van der Waals surface area contributed by atoms with Crippen LogP contribution in [0.3, 0.4) is 0 Å². The van der Waals surface area contributed by atoms with Gasteiger partial charge >= 0.3 is 0 Å². The van der Waals surface area contributed by atoms with Gasteiger partial charge in [0.15, 0.2) is 6.10 Å². The normalized spacial score (nSPS) is 17.6. The Kier molecular flexibility index (Phi) is 3.88. The summed E-state index contributed by atoms with van der Waals surface area (Å²) in [5.41, 5.74) is 8.64. The van der Waals surface area contributed by atoms with E-state index in [0.717, 1.165) is 23.2 Å². The first-order valence-electron chi connectivity index (χ1n) is 7.11. The number of carbonyl (C=O) groups is 1. The van der Waals surface area contributed by atoms with Crippen molar-refractivity contribution in [2.24, 2.45) is 5.73 Å². The SMILES string of the molecule is NCc1ccccc1OC1CCc2ccccc2NC1=O. The molecule has 0 fully saturated rings. The van der Waals surface area contributed by atoms with Gasteiger partial charge in [0.1, 0.15) is 5.75 Å². The Morgan fingerprint density at radius 2 is 1.90 bits per heavy atom. The third-order valence-corrected chi connectivity index (χ3v) is 3.71. The highest BCUT2D eigenvalue weighted by Gasteiger charge is 2.25. The van der Waals surface area contributed by atoms with Crippen molar-refractivity contribution in [3.05, 3.63) is 59.7 Å². The summed E-state index contributed by atoms with van der Waals surface area (Å²) < 4.78 is 5.91. The zero-order valence-electron chi connectivity index (χ0n) is 11.7. The number of carbonyl (C=O) groups excluding carboxylic acids is 1. The Hall–Kier alpha value is -2.33. The number of para-hydroxylation sites is 2. The maximum Gasteiger partial charge on any atom is 0.265 e. The largest absolute Gasteiger partial charge is 0.480 e. The quantitative estimate of drug-likeness (QED) is 0.909. The van der Waals surface area contributed by atoms with Crippen molar-refractivity contribution >= 4 is 11.6 Å². The number of fused-ring (bicyclic) bond motifs is 1. The maximum absolute atomic E-state index is 12.3. The van der Waals surface area contributed by atoms with Crippen LogP contribution in [0.15, 0.2) is 48.5 Å². The molecule has 0 saturated heterocycles. The van der Waals surface area contributed by atoms with Crippen molar-refractivity contribution in [2.45, 2.75) is 25.5 Å². The molecule has 0 aliphatic carbocycles. The van der Waals surface area contributed by atoms with Crippen LogP contribution >= 0.6 is 0 Å². The van der Waals surface area contributed by atoms with E-state index in [9.17, 15) is 4.79 Å². The number of hydrogen-bond acceptors (Lipinski definition) is 3. The Morgan fingerprint density at radius 1 is 1.14 bits per heavy atom. The summed E-state index contributed by atoms with van der Waals surface area (Å²) in [6.45, 7) is 0.394. The highest BCUT2D eigenvalue weighted by molar-refractivity contribution is 5.95. The van der Waals surface area contributed by atoms with E-state index in [0.29, 0.717) is 18.7 Å². The lowest BCUT2D eigenvalue weighted by Gasteiger charge is -2.18. The van der Waals surface area contributed by atoms with Gasteiger partial charge in [0.05, 0.1) is 0 Å². The Bertz CT molecular complexity index is 655. The zero-order valence-corrected chi connectivity index (χ0v) is 11.7. The second-order valence-electron chi connectivity index (χ2n) is 5.10. The predicted molar refractivity (Wildman–Crippen MR) is 82.1 cm³/mol. The van der Waals surface area contributed by atoms with Crippen LogP contribution in [0, 0.1) is 0 Å². The van der Waals surface area contributed by atoms with Crippen molar-refractivity contribution in [3.63, 3.8) is 0 Å². The van der Waals surface area contributed by atoms with E-state index in [4.69, 9.17) is 10.5 Å². The van der Waals surface area contributed by atoms with Gasteiger partial charge < -0.3 is 15.8 Å². The van der Waals surface area contributed by atoms with Crippen LogP contribution in [0.2, 0.25) is 0 Å². The number of anilines is 1. The smallest absolute Gasteiger partial charge is 0.265 e. The van der Waals surface area contributed by atoms with Crippen LogP contribution in [0.1, 0.15) is 17.5 Å². The number of rotatable bonds is 3. The molecule has 1 aliphatic rings. The molecule has 108 valence electrons. The van der Waals surface area contributed by atoms with Gasteiger partial charge in [0.2, 0.25) is 0 Å². The summed E-state index contributed by atoms with van der Waals surface area (Å²) in [6.07, 6.45) is 0.969. The number of amides is 1. The molecule has 1 amide bonds.